The Labute approximate surface area is 91.8 Å². The number of ether oxygens (including phenoxy) is 1. The van der Waals surface area contributed by atoms with E-state index in [4.69, 9.17) is 5.11 Å². The highest BCUT2D eigenvalue weighted by molar-refractivity contribution is 5.82. The van der Waals surface area contributed by atoms with E-state index in [0.717, 1.165) is 0 Å². The van der Waals surface area contributed by atoms with Gasteiger partial charge in [0.25, 0.3) is 0 Å². The summed E-state index contributed by atoms with van der Waals surface area (Å²) in [6.45, 7) is 3.78. The van der Waals surface area contributed by atoms with E-state index in [1.807, 2.05) is 0 Å². The Kier molecular flexibility index (Phi) is 4.80. The number of aliphatic carboxylic acids is 1. The molecule has 0 saturated carbocycles. The standard InChI is InChI=1S/C9H15F2NO4/c1-8(2,3)16-9(10,11)7(15)12-5-4-6(13)14/h4-5H2,1-3H3,(H,12,15)(H,13,14). The molecule has 16 heavy (non-hydrogen) atoms. The third kappa shape index (κ3) is 6.28. The van der Waals surface area contributed by atoms with E-state index in [1.54, 1.807) is 5.32 Å². The maximum absolute atomic E-state index is 13.1. The van der Waals surface area contributed by atoms with Crippen LogP contribution in [0.2, 0.25) is 0 Å². The molecule has 5 nitrogen and oxygen atoms in total. The summed E-state index contributed by atoms with van der Waals surface area (Å²) >= 11 is 0. The number of nitrogens with one attached hydrogen (secondary N) is 1. The molecule has 0 bridgehead atoms. The molecule has 94 valence electrons. The molecule has 1 amide bonds. The average molecular weight is 239 g/mol. The smallest absolute Gasteiger partial charge is 0.436 e. The van der Waals surface area contributed by atoms with E-state index < -0.39 is 30.0 Å². The SMILES string of the molecule is CC(C)(C)OC(F)(F)C(=O)NCCC(=O)O. The molecule has 0 fully saturated rings. The first kappa shape index (κ1) is 14.8. The molecule has 0 atom stereocenters. The number of hydrogen-bond donors (Lipinski definition) is 2. The van der Waals surface area contributed by atoms with E-state index in [2.05, 4.69) is 4.74 Å². The minimum atomic E-state index is -3.96. The topological polar surface area (TPSA) is 75.6 Å². The van der Waals surface area contributed by atoms with E-state index in [0.29, 0.717) is 0 Å². The summed E-state index contributed by atoms with van der Waals surface area (Å²) in [4.78, 5) is 21.0. The lowest BCUT2D eigenvalue weighted by Crippen LogP contribution is -2.46. The van der Waals surface area contributed by atoms with Crippen LogP contribution < -0.4 is 5.32 Å². The van der Waals surface area contributed by atoms with Crippen LogP contribution in [-0.2, 0) is 14.3 Å². The molecule has 0 radical (unpaired) electrons. The molecule has 0 aromatic rings. The number of carbonyl (C=O) groups excluding carboxylic acids is 1. The molecule has 0 rings (SSSR count). The molecule has 0 heterocycles. The number of amides is 1. The van der Waals surface area contributed by atoms with Crippen molar-refractivity contribution in [2.75, 3.05) is 6.54 Å². The Morgan fingerprint density at radius 2 is 1.81 bits per heavy atom. The van der Waals surface area contributed by atoms with Crippen LogP contribution in [-0.4, -0.2) is 35.2 Å². The Bertz CT molecular complexity index is 273. The van der Waals surface area contributed by atoms with Crippen LogP contribution in [0, 0.1) is 0 Å². The van der Waals surface area contributed by atoms with Gasteiger partial charge in [-0.25, -0.2) is 0 Å². The highest BCUT2D eigenvalue weighted by Gasteiger charge is 2.43. The van der Waals surface area contributed by atoms with Crippen molar-refractivity contribution in [3.8, 4) is 0 Å². The van der Waals surface area contributed by atoms with Gasteiger partial charge < -0.3 is 15.2 Å². The summed E-state index contributed by atoms with van der Waals surface area (Å²) < 4.78 is 30.4. The van der Waals surface area contributed by atoms with Gasteiger partial charge in [-0.1, -0.05) is 0 Å². The van der Waals surface area contributed by atoms with Crippen molar-refractivity contribution in [2.45, 2.75) is 38.9 Å². The lowest BCUT2D eigenvalue weighted by atomic mass is 10.2. The predicted octanol–water partition coefficient (Wildman–Crippen LogP) is 0.985. The summed E-state index contributed by atoms with van der Waals surface area (Å²) in [7, 11) is 0. The van der Waals surface area contributed by atoms with E-state index >= 15 is 0 Å². The molecule has 2 N–H and O–H groups in total. The number of carbonyl (C=O) groups is 2. The summed E-state index contributed by atoms with van der Waals surface area (Å²) in [6, 6.07) is 0. The minimum Gasteiger partial charge on any atom is -0.481 e. The van der Waals surface area contributed by atoms with Gasteiger partial charge in [-0.2, -0.15) is 8.78 Å². The van der Waals surface area contributed by atoms with Gasteiger partial charge in [0, 0.05) is 6.54 Å². The zero-order valence-electron chi connectivity index (χ0n) is 9.34. The Morgan fingerprint density at radius 3 is 2.19 bits per heavy atom. The van der Waals surface area contributed by atoms with Crippen molar-refractivity contribution in [3.63, 3.8) is 0 Å². The highest BCUT2D eigenvalue weighted by atomic mass is 19.3. The number of carboxylic acids is 1. The van der Waals surface area contributed by atoms with Crippen LogP contribution >= 0.6 is 0 Å². The van der Waals surface area contributed by atoms with Crippen molar-refractivity contribution < 1.29 is 28.2 Å². The number of hydrogen-bond acceptors (Lipinski definition) is 3. The summed E-state index contributed by atoms with van der Waals surface area (Å²) in [5, 5.41) is 10.0. The molecule has 0 saturated heterocycles. The van der Waals surface area contributed by atoms with Crippen molar-refractivity contribution >= 4 is 11.9 Å². The third-order valence-corrected chi connectivity index (χ3v) is 1.32. The molecule has 0 spiro atoms. The second-order valence-corrected chi connectivity index (χ2v) is 4.13. The quantitative estimate of drug-likeness (QED) is 0.750. The molecular formula is C9H15F2NO4. The minimum absolute atomic E-state index is 0.364. The molecule has 0 aliphatic rings. The van der Waals surface area contributed by atoms with Crippen LogP contribution in [0.15, 0.2) is 0 Å². The maximum atomic E-state index is 13.1. The maximum Gasteiger partial charge on any atom is 0.436 e. The van der Waals surface area contributed by atoms with Gasteiger partial charge in [0.15, 0.2) is 0 Å². The van der Waals surface area contributed by atoms with Crippen LogP contribution in [0.5, 0.6) is 0 Å². The monoisotopic (exact) mass is 239 g/mol. The Morgan fingerprint density at radius 1 is 1.31 bits per heavy atom. The van der Waals surface area contributed by atoms with E-state index in [1.165, 1.54) is 20.8 Å². The van der Waals surface area contributed by atoms with Crippen molar-refractivity contribution in [2.24, 2.45) is 0 Å². The molecule has 0 unspecified atom stereocenters. The van der Waals surface area contributed by atoms with Crippen LogP contribution in [0.25, 0.3) is 0 Å². The van der Waals surface area contributed by atoms with E-state index in [-0.39, 0.29) is 6.54 Å². The fourth-order valence-electron chi connectivity index (χ4n) is 0.817. The van der Waals surface area contributed by atoms with Gasteiger partial charge in [0.2, 0.25) is 0 Å². The average Bonchev–Trinajstić information content (AvgIpc) is 1.98. The van der Waals surface area contributed by atoms with Crippen molar-refractivity contribution in [3.05, 3.63) is 0 Å². The number of rotatable bonds is 5. The molecule has 0 aliphatic carbocycles. The fraction of sp³-hybridized carbons (Fsp3) is 0.778. The fourth-order valence-corrected chi connectivity index (χ4v) is 0.817. The number of carboxylic acid groups (broad SMARTS) is 1. The summed E-state index contributed by atoms with van der Waals surface area (Å²) in [6.07, 6.45) is -4.38. The van der Waals surface area contributed by atoms with Gasteiger partial charge in [0.1, 0.15) is 0 Å². The second-order valence-electron chi connectivity index (χ2n) is 4.13. The largest absolute Gasteiger partial charge is 0.481 e. The Balaban J connectivity index is 4.20. The summed E-state index contributed by atoms with van der Waals surface area (Å²) in [5.74, 6) is -2.82. The molecular weight excluding hydrogens is 224 g/mol. The van der Waals surface area contributed by atoms with E-state index in [9.17, 15) is 18.4 Å². The predicted molar refractivity (Wildman–Crippen MR) is 51.0 cm³/mol. The first-order valence-corrected chi connectivity index (χ1v) is 4.63. The number of alkyl halides is 2. The molecule has 0 aromatic heterocycles. The van der Waals surface area contributed by atoms with Crippen LogP contribution in [0.1, 0.15) is 27.2 Å². The normalized spacial score (nSPS) is 12.3. The second kappa shape index (κ2) is 5.20. The first-order chi connectivity index (χ1) is 7.04. The van der Waals surface area contributed by atoms with Gasteiger partial charge in [0.05, 0.1) is 12.0 Å². The summed E-state index contributed by atoms with van der Waals surface area (Å²) in [5.41, 5.74) is -1.17. The lowest BCUT2D eigenvalue weighted by molar-refractivity contribution is -0.267. The van der Waals surface area contributed by atoms with Crippen LogP contribution in [0.4, 0.5) is 8.78 Å². The Hall–Kier alpha value is -1.24. The van der Waals surface area contributed by atoms with Crippen molar-refractivity contribution in [1.29, 1.82) is 0 Å². The molecule has 0 aliphatic heterocycles. The molecule has 0 aromatic carbocycles. The number of halogens is 2. The molecule has 7 heteroatoms. The van der Waals surface area contributed by atoms with Crippen LogP contribution in [0.3, 0.4) is 0 Å². The van der Waals surface area contributed by atoms with Gasteiger partial charge >= 0.3 is 18.0 Å². The lowest BCUT2D eigenvalue weighted by Gasteiger charge is -2.25. The first-order valence-electron chi connectivity index (χ1n) is 4.63. The van der Waals surface area contributed by atoms with Gasteiger partial charge in [-0.05, 0) is 20.8 Å². The van der Waals surface area contributed by atoms with Crippen molar-refractivity contribution in [1.82, 2.24) is 5.32 Å². The zero-order valence-corrected chi connectivity index (χ0v) is 9.34. The van der Waals surface area contributed by atoms with Gasteiger partial charge in [-0.3, -0.25) is 9.59 Å². The highest BCUT2D eigenvalue weighted by Crippen LogP contribution is 2.23. The third-order valence-electron chi connectivity index (χ3n) is 1.32. The zero-order chi connectivity index (χ0) is 13.0. The van der Waals surface area contributed by atoms with Gasteiger partial charge in [-0.15, -0.1) is 0 Å².